The minimum absolute atomic E-state index is 0.0436. The monoisotopic (exact) mass is 412 g/mol. The van der Waals surface area contributed by atoms with Gasteiger partial charge < -0.3 is 10.6 Å². The molecule has 0 bridgehead atoms. The molecule has 2 aromatic rings. The number of nitrogens with two attached hydrogens (primary N) is 1. The van der Waals surface area contributed by atoms with Gasteiger partial charge in [-0.1, -0.05) is 36.4 Å². The van der Waals surface area contributed by atoms with Crippen molar-refractivity contribution in [3.63, 3.8) is 0 Å². The van der Waals surface area contributed by atoms with Crippen molar-refractivity contribution < 1.29 is 14.0 Å². The molecule has 0 saturated carbocycles. The number of hydrogen-bond donors (Lipinski definition) is 1. The molecule has 0 aromatic heterocycles. The second-order valence-corrected chi connectivity index (χ2v) is 7.86. The van der Waals surface area contributed by atoms with E-state index in [9.17, 15) is 14.0 Å². The molecule has 2 N–H and O–H groups in total. The predicted molar refractivity (Wildman–Crippen MR) is 114 cm³/mol. The van der Waals surface area contributed by atoms with Crippen molar-refractivity contribution in [3.8, 4) is 0 Å². The van der Waals surface area contributed by atoms with Gasteiger partial charge in [0, 0.05) is 32.7 Å². The van der Waals surface area contributed by atoms with Crippen molar-refractivity contribution in [2.45, 2.75) is 19.5 Å². The third kappa shape index (κ3) is 5.43. The Hall–Kier alpha value is -2.77. The lowest BCUT2D eigenvalue weighted by atomic mass is 10.0. The lowest BCUT2D eigenvalue weighted by molar-refractivity contribution is -0.135. The molecule has 1 atom stereocenters. The Balaban J connectivity index is 1.55. The van der Waals surface area contributed by atoms with Crippen molar-refractivity contribution in [2.24, 2.45) is 5.73 Å². The molecule has 2 aromatic carbocycles. The number of primary amides is 1. The molecule has 160 valence electrons. The van der Waals surface area contributed by atoms with Gasteiger partial charge >= 0.3 is 0 Å². The maximum Gasteiger partial charge on any atom is 0.239 e. The fourth-order valence-electron chi connectivity index (χ4n) is 3.90. The van der Waals surface area contributed by atoms with Crippen LogP contribution in [0.15, 0.2) is 48.5 Å². The molecule has 2 amide bonds. The van der Waals surface area contributed by atoms with Crippen molar-refractivity contribution in [1.82, 2.24) is 14.7 Å². The van der Waals surface area contributed by atoms with E-state index in [0.29, 0.717) is 18.7 Å². The minimum Gasteiger partial charge on any atom is -0.368 e. The number of carbonyl (C=O) groups excluding carboxylic acids is 2. The summed E-state index contributed by atoms with van der Waals surface area (Å²) in [5, 5.41) is 0. The van der Waals surface area contributed by atoms with Crippen LogP contribution in [0.4, 0.5) is 4.39 Å². The third-order valence-corrected chi connectivity index (χ3v) is 5.64. The maximum absolute atomic E-state index is 13.6. The topological polar surface area (TPSA) is 69.9 Å². The van der Waals surface area contributed by atoms with Crippen LogP contribution in [0.1, 0.15) is 22.7 Å². The summed E-state index contributed by atoms with van der Waals surface area (Å²) >= 11 is 0. The first-order valence-electron chi connectivity index (χ1n) is 10.1. The average Bonchev–Trinajstić information content (AvgIpc) is 2.70. The number of amides is 2. The van der Waals surface area contributed by atoms with Crippen LogP contribution in [0.5, 0.6) is 0 Å². The molecule has 6 nitrogen and oxygen atoms in total. The predicted octanol–water partition coefficient (Wildman–Crippen LogP) is 1.94. The van der Waals surface area contributed by atoms with E-state index in [1.165, 1.54) is 29.3 Å². The summed E-state index contributed by atoms with van der Waals surface area (Å²) in [6, 6.07) is 13.2. The van der Waals surface area contributed by atoms with E-state index in [1.54, 1.807) is 18.0 Å². The summed E-state index contributed by atoms with van der Waals surface area (Å²) in [6.45, 7) is 5.90. The molecule has 0 spiro atoms. The number of rotatable bonds is 7. The van der Waals surface area contributed by atoms with Gasteiger partial charge in [-0.25, -0.2) is 4.39 Å². The van der Waals surface area contributed by atoms with Gasteiger partial charge in [-0.2, -0.15) is 0 Å². The molecule has 7 heteroatoms. The van der Waals surface area contributed by atoms with Gasteiger partial charge in [-0.15, -0.1) is 0 Å². The zero-order valence-corrected chi connectivity index (χ0v) is 17.6. The number of benzene rings is 2. The maximum atomic E-state index is 13.6. The highest BCUT2D eigenvalue weighted by Crippen LogP contribution is 2.20. The Morgan fingerprint density at radius 3 is 2.43 bits per heavy atom. The average molecular weight is 413 g/mol. The zero-order valence-electron chi connectivity index (χ0n) is 17.6. The summed E-state index contributed by atoms with van der Waals surface area (Å²) in [5.74, 6) is -1.11. The Kier molecular flexibility index (Phi) is 7.18. The van der Waals surface area contributed by atoms with E-state index in [2.05, 4.69) is 24.0 Å². The van der Waals surface area contributed by atoms with Gasteiger partial charge in [0.1, 0.15) is 11.9 Å². The first-order valence-corrected chi connectivity index (χ1v) is 10.1. The van der Waals surface area contributed by atoms with Crippen molar-refractivity contribution in [2.75, 3.05) is 39.8 Å². The number of hydrogen-bond acceptors (Lipinski definition) is 4. The van der Waals surface area contributed by atoms with Crippen molar-refractivity contribution >= 4 is 11.8 Å². The number of nitrogens with zero attached hydrogens (tertiary/aromatic N) is 3. The fraction of sp³-hybridized carbons (Fsp3) is 0.391. The van der Waals surface area contributed by atoms with Crippen molar-refractivity contribution in [3.05, 3.63) is 71.0 Å². The van der Waals surface area contributed by atoms with Gasteiger partial charge in [-0.3, -0.25) is 19.4 Å². The third-order valence-electron chi connectivity index (χ3n) is 5.64. The Morgan fingerprint density at radius 2 is 1.80 bits per heavy atom. The minimum atomic E-state index is -0.855. The number of likely N-dealkylation sites (N-methyl/N-ethyl adjacent to an activating group) is 1. The molecule has 1 unspecified atom stereocenters. The summed E-state index contributed by atoms with van der Waals surface area (Å²) in [6.07, 6.45) is 0. The number of aryl methyl sites for hydroxylation is 1. The summed E-state index contributed by atoms with van der Waals surface area (Å²) in [5.41, 5.74) is 8.56. The molecule has 1 fully saturated rings. The quantitative estimate of drug-likeness (QED) is 0.755. The summed E-state index contributed by atoms with van der Waals surface area (Å²) in [4.78, 5) is 30.5. The first-order chi connectivity index (χ1) is 14.3. The summed E-state index contributed by atoms with van der Waals surface area (Å²) < 4.78 is 13.6. The highest BCUT2D eigenvalue weighted by atomic mass is 19.1. The highest BCUT2D eigenvalue weighted by molar-refractivity contribution is 5.83. The molecule has 1 aliphatic rings. The second kappa shape index (κ2) is 9.82. The van der Waals surface area contributed by atoms with Crippen LogP contribution in [-0.2, 0) is 16.1 Å². The van der Waals surface area contributed by atoms with Crippen LogP contribution in [0.25, 0.3) is 0 Å². The molecule has 0 aliphatic carbocycles. The molecule has 0 radical (unpaired) electrons. The van der Waals surface area contributed by atoms with Gasteiger partial charge in [0.05, 0.1) is 6.54 Å². The first kappa shape index (κ1) is 21.9. The number of piperazine rings is 1. The lowest BCUT2D eigenvalue weighted by Crippen LogP contribution is -2.51. The van der Waals surface area contributed by atoms with Crippen molar-refractivity contribution in [1.29, 1.82) is 0 Å². The zero-order chi connectivity index (χ0) is 21.7. The van der Waals surface area contributed by atoms with E-state index in [4.69, 9.17) is 5.73 Å². The standard InChI is InChI=1S/C23H29FN4O2/c1-17-6-3-4-7-19(17)15-27-10-12-28(13-11-27)21(29)16-26(2)22(23(25)30)18-8-5-9-20(24)14-18/h3-9,14,22H,10-13,15-16H2,1-2H3,(H2,25,30). The SMILES string of the molecule is Cc1ccccc1CN1CCN(C(=O)CN(C)C(C(N)=O)c2cccc(F)c2)CC1. The second-order valence-electron chi connectivity index (χ2n) is 7.86. The van der Waals surface area contributed by atoms with E-state index in [-0.39, 0.29) is 12.5 Å². The Morgan fingerprint density at radius 1 is 1.10 bits per heavy atom. The van der Waals surface area contributed by atoms with E-state index in [0.717, 1.165) is 19.6 Å². The van der Waals surface area contributed by atoms with Gasteiger partial charge in [0.15, 0.2) is 0 Å². The van der Waals surface area contributed by atoms with Gasteiger partial charge in [0.25, 0.3) is 0 Å². The van der Waals surface area contributed by atoms with E-state index < -0.39 is 17.8 Å². The number of carbonyl (C=O) groups is 2. The van der Waals surface area contributed by atoms with Crippen LogP contribution in [0.2, 0.25) is 0 Å². The molecule has 1 saturated heterocycles. The number of halogens is 1. The molecular weight excluding hydrogens is 383 g/mol. The van der Waals surface area contributed by atoms with Gasteiger partial charge in [0.2, 0.25) is 11.8 Å². The highest BCUT2D eigenvalue weighted by Gasteiger charge is 2.28. The van der Waals surface area contributed by atoms with E-state index >= 15 is 0 Å². The van der Waals surface area contributed by atoms with Crippen LogP contribution >= 0.6 is 0 Å². The largest absolute Gasteiger partial charge is 0.368 e. The van der Waals surface area contributed by atoms with Gasteiger partial charge in [-0.05, 0) is 42.8 Å². The van der Waals surface area contributed by atoms with Crippen LogP contribution in [0, 0.1) is 12.7 Å². The smallest absolute Gasteiger partial charge is 0.239 e. The normalized spacial score (nSPS) is 15.9. The van der Waals surface area contributed by atoms with Crippen LogP contribution < -0.4 is 5.73 Å². The Bertz CT molecular complexity index is 896. The molecule has 1 aliphatic heterocycles. The van der Waals surface area contributed by atoms with E-state index in [1.807, 2.05) is 17.0 Å². The summed E-state index contributed by atoms with van der Waals surface area (Å²) in [7, 11) is 1.66. The molecule has 3 rings (SSSR count). The van der Waals surface area contributed by atoms with Crippen LogP contribution in [0.3, 0.4) is 0 Å². The molecule has 30 heavy (non-hydrogen) atoms. The lowest BCUT2D eigenvalue weighted by Gasteiger charge is -2.36. The fourth-order valence-corrected chi connectivity index (χ4v) is 3.90. The van der Waals surface area contributed by atoms with Crippen LogP contribution in [-0.4, -0.2) is 66.3 Å². The molecule has 1 heterocycles. The Labute approximate surface area is 177 Å². The molecular formula is C23H29FN4O2.